The maximum atomic E-state index is 5.61. The van der Waals surface area contributed by atoms with Crippen molar-refractivity contribution in [2.75, 3.05) is 26.7 Å². The molecule has 2 aromatic carbocycles. The number of rotatable bonds is 5. The predicted molar refractivity (Wildman–Crippen MR) is 117 cm³/mol. The Morgan fingerprint density at radius 2 is 1.07 bits per heavy atom. The quantitative estimate of drug-likeness (QED) is 0.485. The first-order valence-electron chi connectivity index (χ1n) is 9.54. The van der Waals surface area contributed by atoms with Gasteiger partial charge >= 0.3 is 0 Å². The Hall–Kier alpha value is -2.26. The van der Waals surface area contributed by atoms with Crippen LogP contribution in [0.2, 0.25) is 0 Å². The van der Waals surface area contributed by atoms with E-state index < -0.39 is 0 Å². The third kappa shape index (κ3) is 4.59. The maximum Gasteiger partial charge on any atom is 0.197 e. The summed E-state index contributed by atoms with van der Waals surface area (Å²) in [5.41, 5.74) is 2.64. The van der Waals surface area contributed by atoms with E-state index >= 15 is 0 Å². The lowest BCUT2D eigenvalue weighted by atomic mass is 10.2. The van der Waals surface area contributed by atoms with Crippen LogP contribution >= 0.6 is 24.4 Å². The van der Waals surface area contributed by atoms with E-state index in [0.29, 0.717) is 0 Å². The summed E-state index contributed by atoms with van der Waals surface area (Å²) in [4.78, 5) is 2.80. The van der Waals surface area contributed by atoms with Gasteiger partial charge in [-0.15, -0.1) is 0 Å². The van der Waals surface area contributed by atoms with E-state index in [0.717, 1.165) is 50.0 Å². The number of hydrazine groups is 1. The molecule has 0 spiro atoms. The molecule has 2 aliphatic rings. The van der Waals surface area contributed by atoms with E-state index in [2.05, 4.69) is 81.3 Å². The van der Waals surface area contributed by atoms with E-state index in [9.17, 15) is 0 Å². The van der Waals surface area contributed by atoms with Crippen molar-refractivity contribution in [2.24, 2.45) is 0 Å². The topological polar surface area (TPSA) is 39.4 Å². The molecule has 4 N–H and O–H groups in total. The van der Waals surface area contributed by atoms with Crippen molar-refractivity contribution in [1.82, 2.24) is 20.7 Å². The molecule has 2 aliphatic heterocycles. The van der Waals surface area contributed by atoms with Gasteiger partial charge in [0.25, 0.3) is 0 Å². The summed E-state index contributed by atoms with van der Waals surface area (Å²) >= 11 is 11.2. The Labute approximate surface area is 176 Å². The molecule has 2 fully saturated rings. The molecule has 146 valence electrons. The molecule has 2 atom stereocenters. The molecule has 0 bridgehead atoms. The van der Waals surface area contributed by atoms with Gasteiger partial charge in [0.15, 0.2) is 36.9 Å². The number of benzene rings is 2. The van der Waals surface area contributed by atoms with Gasteiger partial charge < -0.3 is 10.6 Å². The Bertz CT molecular complexity index is 746. The minimum atomic E-state index is 0.738. The van der Waals surface area contributed by atoms with Gasteiger partial charge in [0, 0.05) is 11.1 Å². The van der Waals surface area contributed by atoms with Gasteiger partial charge in [0.1, 0.15) is 13.1 Å². The number of nitrogens with one attached hydrogen (secondary N) is 4. The highest BCUT2D eigenvalue weighted by Crippen LogP contribution is 2.03. The Balaban J connectivity index is 1.42. The molecule has 0 amide bonds. The van der Waals surface area contributed by atoms with Crippen LogP contribution in [0.4, 0.5) is 0 Å². The van der Waals surface area contributed by atoms with Crippen molar-refractivity contribution in [1.29, 1.82) is 0 Å². The summed E-state index contributed by atoms with van der Waals surface area (Å²) in [6.45, 7) is 5.11. The van der Waals surface area contributed by atoms with Gasteiger partial charge in [-0.3, -0.25) is 9.80 Å². The molecule has 2 aromatic rings. The Morgan fingerprint density at radius 3 is 1.46 bits per heavy atom. The first kappa shape index (κ1) is 19.1. The lowest BCUT2D eigenvalue weighted by molar-refractivity contribution is -0.943. The minimum Gasteiger partial charge on any atom is -0.314 e. The minimum absolute atomic E-state index is 0.738. The average molecular weight is 415 g/mol. The average Bonchev–Trinajstić information content (AvgIpc) is 2.73. The zero-order valence-electron chi connectivity index (χ0n) is 15.7. The van der Waals surface area contributed by atoms with Crippen molar-refractivity contribution in [3.8, 4) is 0 Å². The summed E-state index contributed by atoms with van der Waals surface area (Å²) in [7, 11) is 0. The zero-order valence-corrected chi connectivity index (χ0v) is 17.4. The van der Waals surface area contributed by atoms with Gasteiger partial charge in [-0.05, 0) is 24.4 Å². The van der Waals surface area contributed by atoms with Crippen molar-refractivity contribution in [3.63, 3.8) is 0 Å². The fourth-order valence-corrected chi connectivity index (χ4v) is 4.13. The monoisotopic (exact) mass is 414 g/mol. The lowest BCUT2D eigenvalue weighted by Gasteiger charge is -2.44. The molecule has 2 unspecified atom stereocenters. The van der Waals surface area contributed by atoms with Crippen LogP contribution in [0.5, 0.6) is 0 Å². The van der Waals surface area contributed by atoms with Gasteiger partial charge in [0.05, 0.1) is 0 Å². The van der Waals surface area contributed by atoms with Crippen LogP contribution in [0, 0.1) is 0 Å². The summed E-state index contributed by atoms with van der Waals surface area (Å²) in [6.07, 6.45) is 0. The van der Waals surface area contributed by atoms with Gasteiger partial charge in [-0.25, -0.2) is 10.0 Å². The highest BCUT2D eigenvalue weighted by molar-refractivity contribution is 7.80. The third-order valence-corrected chi connectivity index (χ3v) is 5.79. The molecule has 0 radical (unpaired) electrons. The SMILES string of the molecule is S=C1NC[NH+](Cc2ccccc2)CN1N1C[NH+](Cc2ccccc2)CNC1=S. The van der Waals surface area contributed by atoms with Crippen LogP contribution in [0.25, 0.3) is 0 Å². The van der Waals surface area contributed by atoms with E-state index in [4.69, 9.17) is 24.4 Å². The van der Waals surface area contributed by atoms with Crippen LogP contribution in [-0.2, 0) is 13.1 Å². The molecule has 2 saturated heterocycles. The molecular weight excluding hydrogens is 388 g/mol. The molecule has 0 aromatic heterocycles. The van der Waals surface area contributed by atoms with Crippen molar-refractivity contribution in [2.45, 2.75) is 13.1 Å². The smallest absolute Gasteiger partial charge is 0.197 e. The second kappa shape index (κ2) is 8.83. The summed E-state index contributed by atoms with van der Waals surface area (Å²) in [6, 6.07) is 21.1. The van der Waals surface area contributed by atoms with E-state index in [-0.39, 0.29) is 0 Å². The number of quaternary nitrogens is 2. The first-order valence-corrected chi connectivity index (χ1v) is 10.4. The van der Waals surface area contributed by atoms with E-state index in [1.54, 1.807) is 0 Å². The van der Waals surface area contributed by atoms with Crippen LogP contribution in [0.1, 0.15) is 11.1 Å². The van der Waals surface area contributed by atoms with Crippen LogP contribution in [0.15, 0.2) is 60.7 Å². The molecule has 4 rings (SSSR count). The summed E-state index contributed by atoms with van der Waals surface area (Å²) in [5, 5.41) is 12.4. The van der Waals surface area contributed by atoms with Crippen LogP contribution < -0.4 is 20.4 Å². The fourth-order valence-electron chi connectivity index (χ4n) is 3.66. The van der Waals surface area contributed by atoms with Crippen molar-refractivity contribution < 1.29 is 9.80 Å². The van der Waals surface area contributed by atoms with Crippen LogP contribution in [-0.4, -0.2) is 46.9 Å². The number of nitrogens with zero attached hydrogens (tertiary/aromatic N) is 2. The van der Waals surface area contributed by atoms with E-state index in [1.807, 2.05) is 0 Å². The van der Waals surface area contributed by atoms with Crippen LogP contribution in [0.3, 0.4) is 0 Å². The van der Waals surface area contributed by atoms with Gasteiger partial charge in [-0.2, -0.15) is 0 Å². The second-order valence-corrected chi connectivity index (χ2v) is 8.03. The first-order chi connectivity index (χ1) is 13.7. The van der Waals surface area contributed by atoms with Crippen molar-refractivity contribution >= 4 is 34.7 Å². The molecule has 0 saturated carbocycles. The molecular formula is C20H26N6S2+2. The summed E-state index contributed by atoms with van der Waals surface area (Å²) in [5.74, 6) is 0. The zero-order chi connectivity index (χ0) is 19.3. The molecule has 0 aliphatic carbocycles. The second-order valence-electron chi connectivity index (χ2n) is 7.26. The number of thiocarbonyl (C=S) groups is 2. The highest BCUT2D eigenvalue weighted by atomic mass is 32.1. The molecule has 6 nitrogen and oxygen atoms in total. The standard InChI is InChI=1S/C20H24N6S2/c27-19-21-13-23(11-17-7-3-1-4-8-17)15-25(19)26-16-24(14-22-20(26)28)12-18-9-5-2-6-10-18/h1-10H,11-16H2,(H,21,27)(H,22,28)/p+2. The Kier molecular flexibility index (Phi) is 6.01. The third-order valence-electron chi connectivity index (χ3n) is 5.08. The number of hydrogen-bond donors (Lipinski definition) is 4. The molecule has 2 heterocycles. The van der Waals surface area contributed by atoms with Crippen molar-refractivity contribution in [3.05, 3.63) is 71.8 Å². The highest BCUT2D eigenvalue weighted by Gasteiger charge is 2.34. The molecule has 28 heavy (non-hydrogen) atoms. The Morgan fingerprint density at radius 1 is 0.679 bits per heavy atom. The van der Waals surface area contributed by atoms with E-state index in [1.165, 1.54) is 20.9 Å². The predicted octanol–water partition coefficient (Wildman–Crippen LogP) is -0.718. The lowest BCUT2D eigenvalue weighted by Crippen LogP contribution is -3.19. The number of hydrogen-bond acceptors (Lipinski definition) is 2. The van der Waals surface area contributed by atoms with Gasteiger partial charge in [0.2, 0.25) is 0 Å². The largest absolute Gasteiger partial charge is 0.314 e. The van der Waals surface area contributed by atoms with Gasteiger partial charge in [-0.1, -0.05) is 60.7 Å². The normalized spacial score (nSPS) is 22.6. The molecule has 8 heteroatoms. The fraction of sp³-hybridized carbons (Fsp3) is 0.300. The summed E-state index contributed by atoms with van der Waals surface area (Å²) < 4.78 is 0. The maximum absolute atomic E-state index is 5.61.